The second-order valence-electron chi connectivity index (χ2n) is 4.21. The van der Waals surface area contributed by atoms with Gasteiger partial charge in [0.15, 0.2) is 0 Å². The number of rotatable bonds is 5. The fraction of sp³-hybridized carbons (Fsp3) is 1.00. The molecule has 0 aliphatic rings. The molecule has 0 bridgehead atoms. The summed E-state index contributed by atoms with van der Waals surface area (Å²) in [4.78, 5) is 0. The molecule has 0 saturated heterocycles. The Morgan fingerprint density at radius 1 is 1.31 bits per heavy atom. The van der Waals surface area contributed by atoms with Crippen molar-refractivity contribution in [3.8, 4) is 0 Å². The van der Waals surface area contributed by atoms with Crippen LogP contribution in [-0.2, 0) is 11.3 Å². The molecule has 80 valence electrons. The number of hydrogen-bond donors (Lipinski definition) is 1. The normalized spacial score (nSPS) is 14.9. The Morgan fingerprint density at radius 2 is 1.85 bits per heavy atom. The van der Waals surface area contributed by atoms with E-state index in [1.54, 1.807) is 4.31 Å². The molecule has 0 radical (unpaired) electrons. The molecule has 0 spiro atoms. The topological polar surface area (TPSA) is 40.5 Å². The van der Waals surface area contributed by atoms with Gasteiger partial charge in [-0.15, -0.1) is 0 Å². The molecule has 0 aromatic heterocycles. The van der Waals surface area contributed by atoms with Gasteiger partial charge in [-0.25, -0.2) is 4.21 Å². The molecule has 0 aromatic carbocycles. The van der Waals surface area contributed by atoms with Gasteiger partial charge in [0, 0.05) is 12.1 Å². The third kappa shape index (κ3) is 5.39. The number of hydrogen-bond acceptors (Lipinski definition) is 1. The van der Waals surface area contributed by atoms with Gasteiger partial charge in [-0.3, -0.25) is 4.55 Å². The van der Waals surface area contributed by atoms with E-state index in [0.717, 1.165) is 19.3 Å². The Kier molecular flexibility index (Phi) is 5.76. The lowest BCUT2D eigenvalue weighted by atomic mass is 10.1. The van der Waals surface area contributed by atoms with Crippen molar-refractivity contribution < 1.29 is 8.76 Å². The van der Waals surface area contributed by atoms with Crippen LogP contribution in [0.4, 0.5) is 0 Å². The monoisotopic (exact) mass is 207 g/mol. The van der Waals surface area contributed by atoms with Crippen molar-refractivity contribution in [2.45, 2.75) is 52.5 Å². The van der Waals surface area contributed by atoms with E-state index in [0.29, 0.717) is 6.54 Å². The Balaban J connectivity index is 4.04. The maximum atomic E-state index is 11.0. The van der Waals surface area contributed by atoms with Crippen molar-refractivity contribution in [3.05, 3.63) is 0 Å². The Hall–Kier alpha value is 0.0700. The van der Waals surface area contributed by atoms with Crippen LogP contribution in [0.25, 0.3) is 0 Å². The van der Waals surface area contributed by atoms with Crippen molar-refractivity contribution in [3.63, 3.8) is 0 Å². The van der Waals surface area contributed by atoms with Gasteiger partial charge in [-0.1, -0.05) is 19.8 Å². The minimum atomic E-state index is -1.84. The third-order valence-corrected chi connectivity index (χ3v) is 3.01. The average molecular weight is 207 g/mol. The zero-order chi connectivity index (χ0) is 10.5. The molecule has 4 heteroatoms. The lowest BCUT2D eigenvalue weighted by Gasteiger charge is -2.31. The maximum absolute atomic E-state index is 11.0. The molecule has 13 heavy (non-hydrogen) atoms. The zero-order valence-electron chi connectivity index (χ0n) is 9.04. The summed E-state index contributed by atoms with van der Waals surface area (Å²) in [5.41, 5.74) is -0.229. The highest BCUT2D eigenvalue weighted by Gasteiger charge is 2.24. The van der Waals surface area contributed by atoms with E-state index in [4.69, 9.17) is 4.55 Å². The Bertz CT molecular complexity index is 165. The third-order valence-electron chi connectivity index (χ3n) is 1.90. The molecule has 0 aromatic rings. The molecule has 1 atom stereocenters. The van der Waals surface area contributed by atoms with E-state index in [-0.39, 0.29) is 5.54 Å². The molecule has 0 rings (SSSR count). The molecule has 0 fully saturated rings. The lowest BCUT2D eigenvalue weighted by molar-refractivity contribution is 0.240. The molecule has 1 unspecified atom stereocenters. The highest BCUT2D eigenvalue weighted by atomic mass is 32.2. The van der Waals surface area contributed by atoms with Crippen LogP contribution in [-0.4, -0.2) is 25.2 Å². The smallest absolute Gasteiger partial charge is 0.234 e. The lowest BCUT2D eigenvalue weighted by Crippen LogP contribution is -2.42. The summed E-state index contributed by atoms with van der Waals surface area (Å²) in [5.74, 6) is 0. The van der Waals surface area contributed by atoms with Gasteiger partial charge in [0.25, 0.3) is 0 Å². The zero-order valence-corrected chi connectivity index (χ0v) is 9.86. The van der Waals surface area contributed by atoms with Crippen LogP contribution in [0.2, 0.25) is 0 Å². The van der Waals surface area contributed by atoms with Gasteiger partial charge < -0.3 is 0 Å². The fourth-order valence-corrected chi connectivity index (χ4v) is 1.91. The summed E-state index contributed by atoms with van der Waals surface area (Å²) in [7, 11) is 0. The van der Waals surface area contributed by atoms with Crippen molar-refractivity contribution in [2.24, 2.45) is 0 Å². The van der Waals surface area contributed by atoms with Crippen LogP contribution in [0.15, 0.2) is 0 Å². The van der Waals surface area contributed by atoms with Crippen molar-refractivity contribution >= 4 is 11.3 Å². The summed E-state index contributed by atoms with van der Waals surface area (Å²) in [5, 5.41) is 0. The summed E-state index contributed by atoms with van der Waals surface area (Å²) in [6.07, 6.45) is 3.24. The second kappa shape index (κ2) is 5.73. The van der Waals surface area contributed by atoms with Gasteiger partial charge >= 0.3 is 0 Å². The van der Waals surface area contributed by atoms with Crippen molar-refractivity contribution in [1.29, 1.82) is 0 Å². The fourth-order valence-electron chi connectivity index (χ4n) is 1.15. The summed E-state index contributed by atoms with van der Waals surface area (Å²) >= 11 is -1.84. The van der Waals surface area contributed by atoms with E-state index < -0.39 is 11.3 Å². The predicted octanol–water partition coefficient (Wildman–Crippen LogP) is 2.41. The van der Waals surface area contributed by atoms with E-state index in [1.165, 1.54) is 0 Å². The predicted molar refractivity (Wildman–Crippen MR) is 56.8 cm³/mol. The molecule has 0 aliphatic carbocycles. The highest BCUT2D eigenvalue weighted by Crippen LogP contribution is 2.15. The van der Waals surface area contributed by atoms with Crippen LogP contribution < -0.4 is 0 Å². The number of nitrogens with zero attached hydrogens (tertiary/aromatic N) is 1. The standard InChI is InChI=1S/C9H21NO2S/c1-5-6-7-8-10(13(11)12)9(2,3)4/h5-8H2,1-4H3,(H,11,12). The first-order valence-corrected chi connectivity index (χ1v) is 5.84. The van der Waals surface area contributed by atoms with E-state index in [1.807, 2.05) is 20.8 Å². The number of unbranched alkanes of at least 4 members (excludes halogenated alkanes) is 2. The van der Waals surface area contributed by atoms with E-state index in [2.05, 4.69) is 6.92 Å². The molecule has 0 heterocycles. The summed E-state index contributed by atoms with van der Waals surface area (Å²) in [6.45, 7) is 8.67. The maximum Gasteiger partial charge on any atom is 0.234 e. The van der Waals surface area contributed by atoms with Crippen molar-refractivity contribution in [1.82, 2.24) is 4.31 Å². The van der Waals surface area contributed by atoms with Gasteiger partial charge in [-0.2, -0.15) is 4.31 Å². The molecule has 0 saturated carbocycles. The highest BCUT2D eigenvalue weighted by molar-refractivity contribution is 7.76. The first-order valence-electron chi connectivity index (χ1n) is 4.78. The first kappa shape index (κ1) is 13.1. The Labute approximate surface area is 83.9 Å². The van der Waals surface area contributed by atoms with Gasteiger partial charge in [-0.05, 0) is 27.2 Å². The molecule has 0 aliphatic heterocycles. The first-order chi connectivity index (χ1) is 5.89. The second-order valence-corrected chi connectivity index (χ2v) is 5.11. The molecular formula is C9H21NO2S. The minimum absolute atomic E-state index is 0.229. The molecule has 3 nitrogen and oxygen atoms in total. The Morgan fingerprint density at radius 3 is 2.15 bits per heavy atom. The van der Waals surface area contributed by atoms with Crippen LogP contribution in [0.5, 0.6) is 0 Å². The van der Waals surface area contributed by atoms with Crippen LogP contribution >= 0.6 is 0 Å². The van der Waals surface area contributed by atoms with E-state index in [9.17, 15) is 4.21 Å². The van der Waals surface area contributed by atoms with Gasteiger partial charge in [0.05, 0.1) is 0 Å². The molecular weight excluding hydrogens is 186 g/mol. The largest absolute Gasteiger partial charge is 0.294 e. The summed E-state index contributed by atoms with van der Waals surface area (Å²) in [6, 6.07) is 0. The molecule has 1 N–H and O–H groups in total. The van der Waals surface area contributed by atoms with Crippen LogP contribution in [0, 0.1) is 0 Å². The van der Waals surface area contributed by atoms with E-state index >= 15 is 0 Å². The quantitative estimate of drug-likeness (QED) is 0.555. The van der Waals surface area contributed by atoms with Crippen LogP contribution in [0.3, 0.4) is 0 Å². The van der Waals surface area contributed by atoms with Gasteiger partial charge in [0.2, 0.25) is 11.3 Å². The minimum Gasteiger partial charge on any atom is -0.294 e. The summed E-state index contributed by atoms with van der Waals surface area (Å²) < 4.78 is 21.6. The van der Waals surface area contributed by atoms with Crippen LogP contribution in [0.1, 0.15) is 47.0 Å². The molecule has 0 amide bonds. The SMILES string of the molecule is CCCCCN(S(=O)O)C(C)(C)C. The average Bonchev–Trinajstić information content (AvgIpc) is 1.94. The van der Waals surface area contributed by atoms with Crippen molar-refractivity contribution in [2.75, 3.05) is 6.54 Å². The van der Waals surface area contributed by atoms with Gasteiger partial charge in [0.1, 0.15) is 0 Å².